The van der Waals surface area contributed by atoms with Crippen LogP contribution in [0, 0.1) is 0 Å². The average Bonchev–Trinajstić information content (AvgIpc) is 2.93. The van der Waals surface area contributed by atoms with E-state index < -0.39 is 0 Å². The van der Waals surface area contributed by atoms with Crippen LogP contribution in [0.2, 0.25) is 0 Å². The van der Waals surface area contributed by atoms with E-state index in [0.29, 0.717) is 6.17 Å². The van der Waals surface area contributed by atoms with Crippen LogP contribution in [0.4, 0.5) is 0 Å². The van der Waals surface area contributed by atoms with Crippen molar-refractivity contribution in [1.29, 1.82) is 0 Å². The van der Waals surface area contributed by atoms with Gasteiger partial charge in [0.1, 0.15) is 0 Å². The Labute approximate surface area is 107 Å². The summed E-state index contributed by atoms with van der Waals surface area (Å²) in [5.74, 6) is 0. The number of hydrogen-bond acceptors (Lipinski definition) is 3. The minimum absolute atomic E-state index is 0.470. The van der Waals surface area contributed by atoms with Gasteiger partial charge in [0.2, 0.25) is 0 Å². The third kappa shape index (κ3) is 2.08. The van der Waals surface area contributed by atoms with Gasteiger partial charge in [-0.25, -0.2) is 0 Å². The Morgan fingerprint density at radius 3 is 3.12 bits per heavy atom. The van der Waals surface area contributed by atoms with Crippen LogP contribution >= 0.6 is 11.3 Å². The highest BCUT2D eigenvalue weighted by atomic mass is 32.1. The summed E-state index contributed by atoms with van der Waals surface area (Å²) in [4.78, 5) is 1.55. The first kappa shape index (κ1) is 11.1. The number of thiophene rings is 1. The van der Waals surface area contributed by atoms with Crippen molar-refractivity contribution in [3.05, 3.63) is 27.6 Å². The molecule has 0 amide bonds. The second kappa shape index (κ2) is 4.73. The fraction of sp³-hybridized carbons (Fsp3) is 0.571. The molecule has 1 aromatic rings. The quantitative estimate of drug-likeness (QED) is 0.797. The molecule has 0 saturated heterocycles. The molecule has 0 radical (unpaired) electrons. The fourth-order valence-corrected chi connectivity index (χ4v) is 3.64. The van der Waals surface area contributed by atoms with Gasteiger partial charge in [-0.3, -0.25) is 0 Å². The molecule has 2 heterocycles. The number of unbranched alkanes of at least 4 members (excludes halogenated alkanes) is 2. The summed E-state index contributed by atoms with van der Waals surface area (Å²) in [6, 6.07) is 2.26. The number of hydrogen-bond donors (Lipinski definition) is 2. The molecule has 1 atom stereocenters. The van der Waals surface area contributed by atoms with Crippen molar-refractivity contribution in [1.82, 2.24) is 10.6 Å². The largest absolute Gasteiger partial charge is 0.367 e. The number of allylic oxidation sites excluding steroid dienone is 1. The Kier molecular flexibility index (Phi) is 3.10. The summed E-state index contributed by atoms with van der Waals surface area (Å²) in [6.07, 6.45) is 8.06. The summed E-state index contributed by atoms with van der Waals surface area (Å²) in [5.41, 5.74) is 4.27. The molecular formula is C14H20N2S. The second-order valence-corrected chi connectivity index (χ2v) is 5.95. The Balaban J connectivity index is 1.67. The lowest BCUT2D eigenvalue weighted by molar-refractivity contribution is 0.488. The van der Waals surface area contributed by atoms with Crippen molar-refractivity contribution in [3.63, 3.8) is 0 Å². The van der Waals surface area contributed by atoms with Crippen molar-refractivity contribution in [2.75, 3.05) is 0 Å². The van der Waals surface area contributed by atoms with Crippen LogP contribution in [0.5, 0.6) is 0 Å². The van der Waals surface area contributed by atoms with E-state index in [-0.39, 0.29) is 0 Å². The van der Waals surface area contributed by atoms with Gasteiger partial charge in [0.05, 0.1) is 11.9 Å². The normalized spacial score (nSPS) is 21.8. The predicted molar refractivity (Wildman–Crippen MR) is 73.8 cm³/mol. The monoisotopic (exact) mass is 248 g/mol. The minimum atomic E-state index is 0.470. The van der Waals surface area contributed by atoms with Crippen LogP contribution in [0.25, 0.3) is 5.70 Å². The van der Waals surface area contributed by atoms with Crippen LogP contribution in [-0.4, -0.2) is 6.17 Å². The summed E-state index contributed by atoms with van der Waals surface area (Å²) in [7, 11) is 0. The molecule has 0 aromatic carbocycles. The van der Waals surface area contributed by atoms with Gasteiger partial charge in [0.25, 0.3) is 0 Å². The van der Waals surface area contributed by atoms with Crippen LogP contribution < -0.4 is 10.6 Å². The van der Waals surface area contributed by atoms with Gasteiger partial charge in [-0.1, -0.05) is 19.8 Å². The summed E-state index contributed by atoms with van der Waals surface area (Å²) < 4.78 is 0. The molecule has 0 spiro atoms. The first-order valence-electron chi connectivity index (χ1n) is 6.71. The predicted octanol–water partition coefficient (Wildman–Crippen LogP) is 3.46. The molecule has 2 aliphatic rings. The highest BCUT2D eigenvalue weighted by Gasteiger charge is 2.27. The van der Waals surface area contributed by atoms with Crippen LogP contribution in [0.3, 0.4) is 0 Å². The summed E-state index contributed by atoms with van der Waals surface area (Å²) in [5, 5.41) is 9.54. The highest BCUT2D eigenvalue weighted by Crippen LogP contribution is 2.35. The topological polar surface area (TPSA) is 24.1 Å². The van der Waals surface area contributed by atoms with Gasteiger partial charge in [-0.05, 0) is 37.1 Å². The number of aryl methyl sites for hydroxylation is 1. The molecule has 17 heavy (non-hydrogen) atoms. The van der Waals surface area contributed by atoms with E-state index in [1.807, 2.05) is 11.3 Å². The maximum atomic E-state index is 3.67. The van der Waals surface area contributed by atoms with Crippen molar-refractivity contribution < 1.29 is 0 Å². The van der Waals surface area contributed by atoms with E-state index in [1.54, 1.807) is 4.88 Å². The smallest absolute Gasteiger partial charge is 0.0962 e. The van der Waals surface area contributed by atoms with Gasteiger partial charge in [-0.2, -0.15) is 0 Å². The van der Waals surface area contributed by atoms with Crippen molar-refractivity contribution >= 4 is 17.0 Å². The zero-order valence-electron chi connectivity index (χ0n) is 10.4. The van der Waals surface area contributed by atoms with Gasteiger partial charge in [-0.15, -0.1) is 11.3 Å². The number of nitrogens with one attached hydrogen (secondary N) is 2. The Hall–Kier alpha value is -0.960. The van der Waals surface area contributed by atoms with Gasteiger partial charge in [0, 0.05) is 16.1 Å². The first-order valence-corrected chi connectivity index (χ1v) is 7.59. The van der Waals surface area contributed by atoms with Crippen LogP contribution in [0.15, 0.2) is 17.1 Å². The molecule has 92 valence electrons. The first-order chi connectivity index (χ1) is 8.38. The molecule has 2 nitrogen and oxygen atoms in total. The van der Waals surface area contributed by atoms with E-state index in [0.717, 1.165) is 0 Å². The lowest BCUT2D eigenvalue weighted by atomic mass is 10.0. The van der Waals surface area contributed by atoms with Crippen LogP contribution in [-0.2, 0) is 6.42 Å². The van der Waals surface area contributed by atoms with Crippen LogP contribution in [0.1, 0.15) is 49.5 Å². The maximum Gasteiger partial charge on any atom is 0.0962 e. The minimum Gasteiger partial charge on any atom is -0.367 e. The molecule has 3 heteroatoms. The summed E-state index contributed by atoms with van der Waals surface area (Å²) >= 11 is 1.90. The zero-order chi connectivity index (χ0) is 11.7. The molecule has 3 rings (SSSR count). The van der Waals surface area contributed by atoms with Gasteiger partial charge in [0.15, 0.2) is 0 Å². The van der Waals surface area contributed by atoms with E-state index in [1.165, 1.54) is 55.5 Å². The number of fused-ring (bicyclic) bond motifs is 2. The molecule has 1 aliphatic heterocycles. The van der Waals surface area contributed by atoms with Gasteiger partial charge < -0.3 is 10.6 Å². The molecular weight excluding hydrogens is 228 g/mol. The molecule has 1 aliphatic carbocycles. The third-order valence-electron chi connectivity index (χ3n) is 3.68. The Morgan fingerprint density at radius 2 is 2.24 bits per heavy atom. The molecule has 0 bridgehead atoms. The van der Waals surface area contributed by atoms with Crippen molar-refractivity contribution in [3.8, 4) is 0 Å². The SMILES string of the molecule is CCCCCC1NC2=C(N1)c1ccsc1CC2. The van der Waals surface area contributed by atoms with E-state index in [2.05, 4.69) is 29.0 Å². The molecule has 2 N–H and O–H groups in total. The zero-order valence-corrected chi connectivity index (χ0v) is 11.2. The van der Waals surface area contributed by atoms with Crippen molar-refractivity contribution in [2.45, 2.75) is 51.6 Å². The Bertz CT molecular complexity index is 433. The van der Waals surface area contributed by atoms with E-state index >= 15 is 0 Å². The van der Waals surface area contributed by atoms with E-state index in [9.17, 15) is 0 Å². The standard InChI is InChI=1S/C14H20N2S/c1-2-3-4-5-13-15-11-6-7-12-10(8-9-17-12)14(11)16-13/h8-9,13,15-16H,2-7H2,1H3. The average molecular weight is 248 g/mol. The lowest BCUT2D eigenvalue weighted by Gasteiger charge is -2.13. The van der Waals surface area contributed by atoms with Crippen molar-refractivity contribution in [2.24, 2.45) is 0 Å². The second-order valence-electron chi connectivity index (χ2n) is 4.95. The molecule has 1 aromatic heterocycles. The van der Waals surface area contributed by atoms with Gasteiger partial charge >= 0.3 is 0 Å². The fourth-order valence-electron chi connectivity index (χ4n) is 2.76. The summed E-state index contributed by atoms with van der Waals surface area (Å²) in [6.45, 7) is 2.26. The van der Waals surface area contributed by atoms with E-state index in [4.69, 9.17) is 0 Å². The highest BCUT2D eigenvalue weighted by molar-refractivity contribution is 7.10. The third-order valence-corrected chi connectivity index (χ3v) is 4.66. The molecule has 0 saturated carbocycles. The maximum absolute atomic E-state index is 3.67. The number of rotatable bonds is 4. The Morgan fingerprint density at radius 1 is 1.29 bits per heavy atom. The molecule has 1 unspecified atom stereocenters. The lowest BCUT2D eigenvalue weighted by Crippen LogP contribution is -2.32. The molecule has 0 fully saturated rings.